The van der Waals surface area contributed by atoms with Crippen LogP contribution in [0.25, 0.3) is 21.0 Å². The predicted molar refractivity (Wildman–Crippen MR) is 125 cm³/mol. The second-order valence-corrected chi connectivity index (χ2v) is 9.87. The van der Waals surface area contributed by atoms with Crippen LogP contribution in [0.1, 0.15) is 23.3 Å². The second-order valence-electron chi connectivity index (χ2n) is 7.65. The summed E-state index contributed by atoms with van der Waals surface area (Å²) in [6.45, 7) is 2.93. The highest BCUT2D eigenvalue weighted by Crippen LogP contribution is 2.34. The Morgan fingerprint density at radius 1 is 1.28 bits per heavy atom. The fraction of sp³-hybridized carbons (Fsp3) is 0.273. The number of amides is 1. The van der Waals surface area contributed by atoms with Gasteiger partial charge >= 0.3 is 0 Å². The van der Waals surface area contributed by atoms with Crippen LogP contribution < -0.4 is 15.8 Å². The number of nitrogens with one attached hydrogen (secondary N) is 2. The van der Waals surface area contributed by atoms with Crippen LogP contribution in [0.15, 0.2) is 41.2 Å². The summed E-state index contributed by atoms with van der Waals surface area (Å²) in [5, 5.41) is 3.58. The van der Waals surface area contributed by atoms with E-state index < -0.39 is 11.4 Å². The topological polar surface area (TPSA) is 91.0 Å². The van der Waals surface area contributed by atoms with Gasteiger partial charge in [0.15, 0.2) is 21.3 Å². The first-order valence-electron chi connectivity index (χ1n) is 10.2. The first-order chi connectivity index (χ1) is 15.5. The Hall–Kier alpha value is -3.11. The molecule has 1 aliphatic rings. The number of hydrogen-bond donors (Lipinski definition) is 2. The largest absolute Gasteiger partial charge is 0.350 e. The van der Waals surface area contributed by atoms with Gasteiger partial charge in [0.25, 0.3) is 5.56 Å². The van der Waals surface area contributed by atoms with Gasteiger partial charge in [0.2, 0.25) is 5.91 Å². The Morgan fingerprint density at radius 3 is 2.84 bits per heavy atom. The Labute approximate surface area is 191 Å². The number of hydrogen-bond acceptors (Lipinski definition) is 7. The third-order valence-corrected chi connectivity index (χ3v) is 7.41. The van der Waals surface area contributed by atoms with E-state index in [9.17, 15) is 14.0 Å². The summed E-state index contributed by atoms with van der Waals surface area (Å²) in [5.74, 6) is -0.273. The average Bonchev–Trinajstić information content (AvgIpc) is 3.50. The molecule has 1 aliphatic heterocycles. The number of aryl methyl sites for hydroxylation is 1. The maximum atomic E-state index is 14.2. The fourth-order valence-corrected chi connectivity index (χ4v) is 5.72. The monoisotopic (exact) mass is 469 g/mol. The van der Waals surface area contributed by atoms with Crippen molar-refractivity contribution in [2.24, 2.45) is 0 Å². The van der Waals surface area contributed by atoms with E-state index in [-0.39, 0.29) is 23.3 Å². The molecular formula is C22H20FN5O2S2. The summed E-state index contributed by atoms with van der Waals surface area (Å²) < 4.78 is 14.2. The van der Waals surface area contributed by atoms with Crippen LogP contribution in [-0.2, 0) is 11.3 Å². The van der Waals surface area contributed by atoms with Crippen molar-refractivity contribution in [3.8, 4) is 10.7 Å². The lowest BCUT2D eigenvalue weighted by molar-refractivity contribution is -0.122. The third kappa shape index (κ3) is 3.91. The molecule has 0 aliphatic carbocycles. The summed E-state index contributed by atoms with van der Waals surface area (Å²) >= 11 is 2.49. The van der Waals surface area contributed by atoms with E-state index in [0.717, 1.165) is 16.9 Å². The molecule has 0 radical (unpaired) electrons. The van der Waals surface area contributed by atoms with Crippen LogP contribution in [0.4, 0.5) is 9.52 Å². The molecule has 1 saturated heterocycles. The molecule has 1 fully saturated rings. The normalized spacial score (nSPS) is 16.1. The third-order valence-electron chi connectivity index (χ3n) is 5.39. The van der Waals surface area contributed by atoms with E-state index in [4.69, 9.17) is 0 Å². The number of carbonyl (C=O) groups excluding carboxylic acids is 1. The molecule has 4 heterocycles. The van der Waals surface area contributed by atoms with E-state index in [2.05, 4.69) is 20.3 Å². The zero-order valence-electron chi connectivity index (χ0n) is 17.2. The summed E-state index contributed by atoms with van der Waals surface area (Å²) in [7, 11) is 0. The van der Waals surface area contributed by atoms with Gasteiger partial charge in [-0.05, 0) is 31.4 Å². The van der Waals surface area contributed by atoms with Gasteiger partial charge < -0.3 is 15.2 Å². The summed E-state index contributed by atoms with van der Waals surface area (Å²) in [5.41, 5.74) is 0.824. The van der Waals surface area contributed by atoms with Gasteiger partial charge in [-0.2, -0.15) is 0 Å². The standard InChI is InChI=1S/C22H20FN5O2S2/c1-12-10-14(23)17(31-12)18-26-20(30)16-21(27-18)32-22(25-16)28-9-5-8-15(28)19(29)24-11-13-6-3-2-4-7-13/h2-4,6-7,10,15H,5,8-9,11H2,1H3,(H,24,29)(H,26,27,30). The number of carbonyl (C=O) groups is 1. The van der Waals surface area contributed by atoms with Crippen LogP contribution >= 0.6 is 22.7 Å². The highest BCUT2D eigenvalue weighted by atomic mass is 32.1. The highest BCUT2D eigenvalue weighted by molar-refractivity contribution is 7.21. The number of benzene rings is 1. The van der Waals surface area contributed by atoms with Gasteiger partial charge in [-0.1, -0.05) is 41.7 Å². The van der Waals surface area contributed by atoms with Gasteiger partial charge in [-0.15, -0.1) is 11.3 Å². The average molecular weight is 470 g/mol. The quantitative estimate of drug-likeness (QED) is 0.463. The van der Waals surface area contributed by atoms with E-state index in [1.807, 2.05) is 35.2 Å². The van der Waals surface area contributed by atoms with E-state index >= 15 is 0 Å². The SMILES string of the molecule is Cc1cc(F)c(-c2nc3sc(N4CCCC4C(=O)NCc4ccccc4)nc3c(=O)[nH]2)s1. The number of nitrogens with zero attached hydrogens (tertiary/aromatic N) is 3. The lowest BCUT2D eigenvalue weighted by Gasteiger charge is -2.23. The predicted octanol–water partition coefficient (Wildman–Crippen LogP) is 3.84. The first kappa shape index (κ1) is 20.8. The van der Waals surface area contributed by atoms with Crippen LogP contribution in [0.5, 0.6) is 0 Å². The van der Waals surface area contributed by atoms with Gasteiger partial charge in [0, 0.05) is 18.0 Å². The number of anilines is 1. The van der Waals surface area contributed by atoms with Crippen molar-refractivity contribution in [1.82, 2.24) is 20.3 Å². The number of thiazole rings is 1. The van der Waals surface area contributed by atoms with E-state index in [0.29, 0.717) is 34.3 Å². The number of H-pyrrole nitrogens is 1. The molecule has 164 valence electrons. The lowest BCUT2D eigenvalue weighted by atomic mass is 10.2. The molecule has 1 aromatic carbocycles. The maximum Gasteiger partial charge on any atom is 0.278 e. The summed E-state index contributed by atoms with van der Waals surface area (Å²) in [4.78, 5) is 40.5. The fourth-order valence-electron chi connectivity index (χ4n) is 3.87. The number of aromatic nitrogens is 3. The van der Waals surface area contributed by atoms with Crippen LogP contribution in [0.3, 0.4) is 0 Å². The molecular weight excluding hydrogens is 449 g/mol. The molecule has 1 amide bonds. The van der Waals surface area contributed by atoms with Gasteiger partial charge in [0.1, 0.15) is 16.7 Å². The Balaban J connectivity index is 1.41. The minimum absolute atomic E-state index is 0.0655. The molecule has 4 aromatic rings. The van der Waals surface area contributed by atoms with Crippen LogP contribution in [0.2, 0.25) is 0 Å². The van der Waals surface area contributed by atoms with Crippen LogP contribution in [-0.4, -0.2) is 33.4 Å². The molecule has 7 nitrogen and oxygen atoms in total. The van der Waals surface area contributed by atoms with Crippen molar-refractivity contribution in [2.45, 2.75) is 32.4 Å². The Morgan fingerprint density at radius 2 is 2.09 bits per heavy atom. The molecule has 2 N–H and O–H groups in total. The smallest absolute Gasteiger partial charge is 0.278 e. The van der Waals surface area contributed by atoms with Crippen LogP contribution in [0, 0.1) is 12.7 Å². The molecule has 0 saturated carbocycles. The zero-order valence-corrected chi connectivity index (χ0v) is 18.9. The Bertz CT molecular complexity index is 1350. The second kappa shape index (κ2) is 8.44. The van der Waals surface area contributed by atoms with E-state index in [1.165, 1.54) is 28.7 Å². The van der Waals surface area contributed by atoms with Crippen molar-refractivity contribution in [1.29, 1.82) is 0 Å². The highest BCUT2D eigenvalue weighted by Gasteiger charge is 2.33. The van der Waals surface area contributed by atoms with Crippen molar-refractivity contribution in [3.63, 3.8) is 0 Å². The molecule has 3 aromatic heterocycles. The zero-order chi connectivity index (χ0) is 22.2. The maximum absolute atomic E-state index is 14.2. The molecule has 32 heavy (non-hydrogen) atoms. The minimum Gasteiger partial charge on any atom is -0.350 e. The molecule has 5 rings (SSSR count). The number of aromatic amines is 1. The molecule has 1 atom stereocenters. The Kier molecular flexibility index (Phi) is 5.48. The van der Waals surface area contributed by atoms with E-state index in [1.54, 1.807) is 6.92 Å². The lowest BCUT2D eigenvalue weighted by Crippen LogP contribution is -2.43. The number of halogens is 1. The van der Waals surface area contributed by atoms with Gasteiger partial charge in [0.05, 0.1) is 0 Å². The first-order valence-corrected chi connectivity index (χ1v) is 11.9. The van der Waals surface area contributed by atoms with Gasteiger partial charge in [-0.3, -0.25) is 9.59 Å². The molecule has 0 spiro atoms. The number of fused-ring (bicyclic) bond motifs is 1. The molecule has 0 bridgehead atoms. The molecule has 1 unspecified atom stereocenters. The van der Waals surface area contributed by atoms with Crippen molar-refractivity contribution < 1.29 is 9.18 Å². The van der Waals surface area contributed by atoms with Crippen molar-refractivity contribution in [3.05, 3.63) is 63.0 Å². The number of thiophene rings is 1. The van der Waals surface area contributed by atoms with Gasteiger partial charge in [-0.25, -0.2) is 14.4 Å². The summed E-state index contributed by atoms with van der Waals surface area (Å²) in [6.07, 6.45) is 1.57. The summed E-state index contributed by atoms with van der Waals surface area (Å²) in [6, 6.07) is 10.8. The minimum atomic E-state index is -0.415. The molecule has 10 heteroatoms. The van der Waals surface area contributed by atoms with Crippen molar-refractivity contribution >= 4 is 44.1 Å². The number of rotatable bonds is 5. The van der Waals surface area contributed by atoms with Crippen molar-refractivity contribution in [2.75, 3.05) is 11.4 Å².